The third kappa shape index (κ3) is 4.13. The number of hydrogen-bond acceptors (Lipinski definition) is 3. The first kappa shape index (κ1) is 14.1. The Hall–Kier alpha value is -1.97. The molecule has 0 bridgehead atoms. The Bertz CT molecular complexity index is 387. The van der Waals surface area contributed by atoms with Gasteiger partial charge in [-0.2, -0.15) is 0 Å². The smallest absolute Gasteiger partial charge is 0.407 e. The van der Waals surface area contributed by atoms with Crippen molar-refractivity contribution in [1.29, 1.82) is 0 Å². The lowest BCUT2D eigenvalue weighted by molar-refractivity contribution is 0.148. The number of rotatable bonds is 6. The highest BCUT2D eigenvalue weighted by Crippen LogP contribution is 2.20. The summed E-state index contributed by atoms with van der Waals surface area (Å²) in [6.07, 6.45) is 1.99. The summed E-state index contributed by atoms with van der Waals surface area (Å²) < 4.78 is 9.97. The fourth-order valence-electron chi connectivity index (χ4n) is 1.60. The highest BCUT2D eigenvalue weighted by atomic mass is 16.5. The molecule has 1 N–H and O–H groups in total. The Morgan fingerprint density at radius 2 is 2.11 bits per heavy atom. The summed E-state index contributed by atoms with van der Waals surface area (Å²) in [5, 5.41) is 2.80. The fraction of sp³-hybridized carbons (Fsp3) is 0.357. The number of nitrogens with one attached hydrogen (secondary N) is 1. The summed E-state index contributed by atoms with van der Waals surface area (Å²) in [5.74, 6) is 0.784. The summed E-state index contributed by atoms with van der Waals surface area (Å²) >= 11 is 0. The average molecular weight is 249 g/mol. The van der Waals surface area contributed by atoms with E-state index in [-0.39, 0.29) is 6.04 Å². The lowest BCUT2D eigenvalue weighted by Gasteiger charge is -2.17. The molecule has 0 saturated carbocycles. The van der Waals surface area contributed by atoms with Gasteiger partial charge in [0.25, 0.3) is 0 Å². The van der Waals surface area contributed by atoms with Gasteiger partial charge in [0.1, 0.15) is 5.75 Å². The molecule has 1 amide bonds. The predicted octanol–water partition coefficient (Wildman–Crippen LogP) is 3.06. The van der Waals surface area contributed by atoms with Crippen molar-refractivity contribution in [1.82, 2.24) is 5.32 Å². The van der Waals surface area contributed by atoms with Crippen LogP contribution < -0.4 is 10.1 Å². The summed E-state index contributed by atoms with van der Waals surface area (Å²) in [5.41, 5.74) is 0.990. The highest BCUT2D eigenvalue weighted by Gasteiger charge is 2.13. The topological polar surface area (TPSA) is 47.6 Å². The molecule has 0 aliphatic rings. The summed E-state index contributed by atoms with van der Waals surface area (Å²) in [6.45, 7) is 5.83. The Kier molecular flexibility index (Phi) is 5.77. The summed E-state index contributed by atoms with van der Waals surface area (Å²) in [7, 11) is 1.62. The second kappa shape index (κ2) is 7.37. The normalized spacial score (nSPS) is 11.4. The van der Waals surface area contributed by atoms with Crippen LogP contribution in [-0.4, -0.2) is 19.8 Å². The van der Waals surface area contributed by atoms with Gasteiger partial charge in [0, 0.05) is 0 Å². The molecule has 0 spiro atoms. The van der Waals surface area contributed by atoms with E-state index >= 15 is 0 Å². The van der Waals surface area contributed by atoms with E-state index in [0.29, 0.717) is 13.0 Å². The van der Waals surface area contributed by atoms with Crippen molar-refractivity contribution in [3.05, 3.63) is 42.5 Å². The monoisotopic (exact) mass is 249 g/mol. The van der Waals surface area contributed by atoms with E-state index in [1.807, 2.05) is 24.3 Å². The van der Waals surface area contributed by atoms with Crippen LogP contribution in [0.1, 0.15) is 24.9 Å². The van der Waals surface area contributed by atoms with E-state index in [9.17, 15) is 4.79 Å². The molecular formula is C14H19NO3. The van der Waals surface area contributed by atoms with E-state index in [1.165, 1.54) is 0 Å². The van der Waals surface area contributed by atoms with Crippen LogP contribution in [0, 0.1) is 0 Å². The number of methoxy groups -OCH3 is 1. The van der Waals surface area contributed by atoms with Crippen LogP contribution in [0.3, 0.4) is 0 Å². The zero-order valence-corrected chi connectivity index (χ0v) is 10.8. The molecule has 0 aliphatic heterocycles. The lowest BCUT2D eigenvalue weighted by atomic mass is 10.0. The molecule has 4 nitrogen and oxygen atoms in total. The number of benzene rings is 1. The number of hydrogen-bond donors (Lipinski definition) is 1. The Morgan fingerprint density at radius 1 is 1.44 bits per heavy atom. The van der Waals surface area contributed by atoms with Crippen LogP contribution >= 0.6 is 0 Å². The maximum absolute atomic E-state index is 11.4. The van der Waals surface area contributed by atoms with Gasteiger partial charge in [0.2, 0.25) is 0 Å². The van der Waals surface area contributed by atoms with Crippen molar-refractivity contribution < 1.29 is 14.3 Å². The molecule has 1 unspecified atom stereocenters. The lowest BCUT2D eigenvalue weighted by Crippen LogP contribution is -2.28. The van der Waals surface area contributed by atoms with Crippen LogP contribution in [0.2, 0.25) is 0 Å². The van der Waals surface area contributed by atoms with Gasteiger partial charge in [0.05, 0.1) is 19.8 Å². The van der Waals surface area contributed by atoms with Gasteiger partial charge < -0.3 is 14.8 Å². The van der Waals surface area contributed by atoms with E-state index < -0.39 is 6.09 Å². The van der Waals surface area contributed by atoms with Gasteiger partial charge in [-0.15, -0.1) is 6.58 Å². The molecule has 0 heterocycles. The van der Waals surface area contributed by atoms with Crippen LogP contribution in [-0.2, 0) is 4.74 Å². The SMILES string of the molecule is C=CCC(NC(=O)OCC)c1ccc(OC)cc1. The standard InChI is InChI=1S/C14H19NO3/c1-4-6-13(15-14(16)18-5-2)11-7-9-12(17-3)10-8-11/h4,7-10,13H,1,5-6H2,2-3H3,(H,15,16). The summed E-state index contributed by atoms with van der Waals surface area (Å²) in [6, 6.07) is 7.42. The number of carbonyl (C=O) groups excluding carboxylic acids is 1. The van der Waals surface area contributed by atoms with E-state index in [1.54, 1.807) is 20.1 Å². The molecule has 0 aliphatic carbocycles. The molecule has 4 heteroatoms. The number of carbonyl (C=O) groups is 1. The second-order valence-corrected chi connectivity index (χ2v) is 3.71. The van der Waals surface area contributed by atoms with Crippen molar-refractivity contribution in [2.24, 2.45) is 0 Å². The largest absolute Gasteiger partial charge is 0.497 e. The number of alkyl carbamates (subject to hydrolysis) is 1. The molecule has 18 heavy (non-hydrogen) atoms. The van der Waals surface area contributed by atoms with Crippen molar-refractivity contribution in [3.8, 4) is 5.75 Å². The maximum Gasteiger partial charge on any atom is 0.407 e. The minimum absolute atomic E-state index is 0.132. The van der Waals surface area contributed by atoms with E-state index in [4.69, 9.17) is 9.47 Å². The molecular weight excluding hydrogens is 230 g/mol. The van der Waals surface area contributed by atoms with Crippen molar-refractivity contribution in [2.45, 2.75) is 19.4 Å². The average Bonchev–Trinajstić information content (AvgIpc) is 2.39. The predicted molar refractivity (Wildman–Crippen MR) is 70.7 cm³/mol. The van der Waals surface area contributed by atoms with Crippen molar-refractivity contribution in [2.75, 3.05) is 13.7 Å². The minimum atomic E-state index is -0.417. The molecule has 0 radical (unpaired) electrons. The molecule has 0 aromatic heterocycles. The Labute approximate surface area is 108 Å². The van der Waals surface area contributed by atoms with Crippen LogP contribution in [0.5, 0.6) is 5.75 Å². The van der Waals surface area contributed by atoms with Crippen LogP contribution in [0.15, 0.2) is 36.9 Å². The first-order valence-electron chi connectivity index (χ1n) is 5.89. The molecule has 1 aromatic carbocycles. The van der Waals surface area contributed by atoms with Gasteiger partial charge >= 0.3 is 6.09 Å². The first-order chi connectivity index (χ1) is 8.71. The zero-order chi connectivity index (χ0) is 13.4. The maximum atomic E-state index is 11.4. The van der Waals surface area contributed by atoms with Gasteiger partial charge in [-0.3, -0.25) is 0 Å². The van der Waals surface area contributed by atoms with E-state index in [2.05, 4.69) is 11.9 Å². The van der Waals surface area contributed by atoms with E-state index in [0.717, 1.165) is 11.3 Å². The first-order valence-corrected chi connectivity index (χ1v) is 5.89. The molecule has 0 fully saturated rings. The quantitative estimate of drug-likeness (QED) is 0.788. The number of amides is 1. The second-order valence-electron chi connectivity index (χ2n) is 3.71. The number of ether oxygens (including phenoxy) is 2. The van der Waals surface area contributed by atoms with Gasteiger partial charge in [-0.1, -0.05) is 18.2 Å². The molecule has 98 valence electrons. The van der Waals surface area contributed by atoms with Crippen molar-refractivity contribution >= 4 is 6.09 Å². The minimum Gasteiger partial charge on any atom is -0.497 e. The molecule has 1 atom stereocenters. The summed E-state index contributed by atoms with van der Waals surface area (Å²) in [4.78, 5) is 11.4. The van der Waals surface area contributed by atoms with Crippen LogP contribution in [0.25, 0.3) is 0 Å². The van der Waals surface area contributed by atoms with Gasteiger partial charge in [0.15, 0.2) is 0 Å². The Balaban J connectivity index is 2.75. The van der Waals surface area contributed by atoms with Gasteiger partial charge in [-0.05, 0) is 31.0 Å². The van der Waals surface area contributed by atoms with Crippen LogP contribution in [0.4, 0.5) is 4.79 Å². The zero-order valence-electron chi connectivity index (χ0n) is 10.8. The third-order valence-corrected chi connectivity index (χ3v) is 2.49. The fourth-order valence-corrected chi connectivity index (χ4v) is 1.60. The highest BCUT2D eigenvalue weighted by molar-refractivity contribution is 5.67. The molecule has 1 aromatic rings. The van der Waals surface area contributed by atoms with Gasteiger partial charge in [-0.25, -0.2) is 4.79 Å². The Morgan fingerprint density at radius 3 is 2.61 bits per heavy atom. The third-order valence-electron chi connectivity index (χ3n) is 2.49. The molecule has 0 saturated heterocycles. The molecule has 1 rings (SSSR count). The van der Waals surface area contributed by atoms with Crippen molar-refractivity contribution in [3.63, 3.8) is 0 Å².